The van der Waals surface area contributed by atoms with Crippen LogP contribution in [0, 0.1) is 11.8 Å². The third kappa shape index (κ3) is 2.14. The van der Waals surface area contributed by atoms with Crippen LogP contribution in [-0.4, -0.2) is 27.2 Å². The van der Waals surface area contributed by atoms with E-state index in [0.29, 0.717) is 12.8 Å². The van der Waals surface area contributed by atoms with Crippen molar-refractivity contribution in [3.05, 3.63) is 11.1 Å². The molecule has 0 saturated heterocycles. The minimum Gasteiger partial charge on any atom is -0.390 e. The molecule has 3 heteroatoms. The van der Waals surface area contributed by atoms with Crippen molar-refractivity contribution >= 4 is 5.78 Å². The maximum Gasteiger partial charge on any atom is 0.161 e. The summed E-state index contributed by atoms with van der Waals surface area (Å²) in [4.78, 5) is 12.2. The molecule has 0 spiro atoms. The monoisotopic (exact) mass is 252 g/mol. The third-order valence-electron chi connectivity index (χ3n) is 4.93. The van der Waals surface area contributed by atoms with Gasteiger partial charge >= 0.3 is 0 Å². The van der Waals surface area contributed by atoms with E-state index in [1.165, 1.54) is 0 Å². The van der Waals surface area contributed by atoms with Crippen molar-refractivity contribution in [2.24, 2.45) is 11.8 Å². The van der Waals surface area contributed by atoms with Crippen molar-refractivity contribution in [3.63, 3.8) is 0 Å². The van der Waals surface area contributed by atoms with Gasteiger partial charge in [0.1, 0.15) is 0 Å². The summed E-state index contributed by atoms with van der Waals surface area (Å²) in [5, 5.41) is 21.1. The fraction of sp³-hybridized carbons (Fsp3) is 0.800. The first-order valence-electron chi connectivity index (χ1n) is 6.79. The predicted molar refractivity (Wildman–Crippen MR) is 70.1 cm³/mol. The first-order chi connectivity index (χ1) is 8.15. The highest BCUT2D eigenvalue weighted by molar-refractivity contribution is 5.97. The van der Waals surface area contributed by atoms with Gasteiger partial charge in [-0.1, -0.05) is 5.57 Å². The zero-order chi connectivity index (χ0) is 13.7. The molecular weight excluding hydrogens is 228 g/mol. The summed E-state index contributed by atoms with van der Waals surface area (Å²) in [6, 6.07) is 0. The average molecular weight is 252 g/mol. The largest absolute Gasteiger partial charge is 0.390 e. The van der Waals surface area contributed by atoms with Gasteiger partial charge in [-0.25, -0.2) is 0 Å². The molecule has 2 rings (SSSR count). The van der Waals surface area contributed by atoms with Crippen molar-refractivity contribution in [2.45, 2.75) is 64.6 Å². The molecule has 0 aromatic carbocycles. The van der Waals surface area contributed by atoms with Crippen molar-refractivity contribution < 1.29 is 15.0 Å². The zero-order valence-corrected chi connectivity index (χ0v) is 11.8. The smallest absolute Gasteiger partial charge is 0.161 e. The quantitative estimate of drug-likeness (QED) is 0.650. The second kappa shape index (κ2) is 4.17. The molecule has 0 heterocycles. The molecule has 0 radical (unpaired) electrons. The fourth-order valence-electron chi connectivity index (χ4n) is 3.75. The van der Waals surface area contributed by atoms with E-state index in [2.05, 4.69) is 0 Å². The number of hydrogen-bond donors (Lipinski definition) is 2. The van der Waals surface area contributed by atoms with Gasteiger partial charge in [-0.2, -0.15) is 0 Å². The number of carbonyl (C=O) groups is 1. The van der Waals surface area contributed by atoms with E-state index in [1.807, 2.05) is 20.8 Å². The van der Waals surface area contributed by atoms with Crippen LogP contribution in [0.25, 0.3) is 0 Å². The summed E-state index contributed by atoms with van der Waals surface area (Å²) in [7, 11) is 0. The van der Waals surface area contributed by atoms with Gasteiger partial charge in [-0.3, -0.25) is 4.79 Å². The Bertz CT molecular complexity index is 400. The number of Topliss-reactive ketones (excluding diaryl/α,β-unsaturated/α-hetero) is 1. The number of rotatable bonds is 0. The Morgan fingerprint density at radius 1 is 1.17 bits per heavy atom. The molecule has 3 nitrogen and oxygen atoms in total. The van der Waals surface area contributed by atoms with Crippen LogP contribution in [0.4, 0.5) is 0 Å². The van der Waals surface area contributed by atoms with Crippen LogP contribution < -0.4 is 0 Å². The minimum atomic E-state index is -0.987. The van der Waals surface area contributed by atoms with Crippen LogP contribution in [0.1, 0.15) is 53.4 Å². The van der Waals surface area contributed by atoms with Crippen LogP contribution >= 0.6 is 0 Å². The lowest BCUT2D eigenvalue weighted by atomic mass is 9.76. The second-order valence-electron chi connectivity index (χ2n) is 6.75. The van der Waals surface area contributed by atoms with Gasteiger partial charge in [0.2, 0.25) is 0 Å². The van der Waals surface area contributed by atoms with Crippen molar-refractivity contribution in [2.75, 3.05) is 0 Å². The molecule has 0 aliphatic heterocycles. The minimum absolute atomic E-state index is 0.0103. The molecule has 2 saturated carbocycles. The average Bonchev–Trinajstić information content (AvgIpc) is 2.43. The van der Waals surface area contributed by atoms with Gasteiger partial charge in [-0.05, 0) is 64.4 Å². The Kier molecular flexibility index (Phi) is 3.19. The van der Waals surface area contributed by atoms with Gasteiger partial charge in [0, 0.05) is 6.42 Å². The Hall–Kier alpha value is -0.670. The highest BCUT2D eigenvalue weighted by atomic mass is 16.3. The molecule has 0 aromatic rings. The first-order valence-corrected chi connectivity index (χ1v) is 6.79. The van der Waals surface area contributed by atoms with Crippen LogP contribution in [0.5, 0.6) is 0 Å². The van der Waals surface area contributed by atoms with E-state index >= 15 is 0 Å². The fourth-order valence-corrected chi connectivity index (χ4v) is 3.75. The summed E-state index contributed by atoms with van der Waals surface area (Å²) >= 11 is 0. The lowest BCUT2D eigenvalue weighted by Crippen LogP contribution is -2.41. The topological polar surface area (TPSA) is 57.5 Å². The molecular formula is C15H24O3. The normalized spacial score (nSPS) is 44.8. The van der Waals surface area contributed by atoms with Gasteiger partial charge in [0.15, 0.2) is 5.78 Å². The predicted octanol–water partition coefficient (Wildman–Crippen LogP) is 2.21. The van der Waals surface area contributed by atoms with E-state index in [0.717, 1.165) is 17.6 Å². The third-order valence-corrected chi connectivity index (χ3v) is 4.93. The summed E-state index contributed by atoms with van der Waals surface area (Å²) < 4.78 is 0. The molecule has 0 amide bonds. The van der Waals surface area contributed by atoms with E-state index in [4.69, 9.17) is 0 Å². The summed E-state index contributed by atoms with van der Waals surface area (Å²) in [5.74, 6) is 0.0577. The standard InChI is InChI=1S/C15H24O3/c1-9(2)10-7-12-11(5-6-14(12,3)17)15(4,18)8-13(10)16/h11-12,17-18H,5-8H2,1-4H3/t11-,12-,14-,15+/m0/s1. The van der Waals surface area contributed by atoms with Gasteiger partial charge in [-0.15, -0.1) is 0 Å². The van der Waals surface area contributed by atoms with Crippen molar-refractivity contribution in [3.8, 4) is 0 Å². The van der Waals surface area contributed by atoms with Crippen LogP contribution in [0.15, 0.2) is 11.1 Å². The van der Waals surface area contributed by atoms with Crippen molar-refractivity contribution in [1.82, 2.24) is 0 Å². The Morgan fingerprint density at radius 2 is 1.78 bits per heavy atom. The molecule has 0 aromatic heterocycles. The second-order valence-corrected chi connectivity index (χ2v) is 6.75. The molecule has 2 N–H and O–H groups in total. The van der Waals surface area contributed by atoms with Crippen LogP contribution in [-0.2, 0) is 4.79 Å². The van der Waals surface area contributed by atoms with Crippen molar-refractivity contribution in [1.29, 1.82) is 0 Å². The highest BCUT2D eigenvalue weighted by Crippen LogP contribution is 2.51. The first kappa shape index (κ1) is 13.8. The van der Waals surface area contributed by atoms with E-state index in [1.54, 1.807) is 6.92 Å². The van der Waals surface area contributed by atoms with Gasteiger partial charge < -0.3 is 10.2 Å². The number of aliphatic hydroxyl groups is 2. The van der Waals surface area contributed by atoms with Crippen LogP contribution in [0.3, 0.4) is 0 Å². The maximum atomic E-state index is 12.2. The van der Waals surface area contributed by atoms with Gasteiger partial charge in [0.25, 0.3) is 0 Å². The number of hydrogen-bond acceptors (Lipinski definition) is 3. The molecule has 102 valence electrons. The van der Waals surface area contributed by atoms with Gasteiger partial charge in [0.05, 0.1) is 11.2 Å². The SMILES string of the molecule is CC(C)=C1C[C@H]2[C@H](CC[C@]2(C)O)[C@](C)(O)CC1=O. The lowest BCUT2D eigenvalue weighted by molar-refractivity contribution is -0.121. The molecule has 2 aliphatic carbocycles. The number of allylic oxidation sites excluding steroid dienone is 2. The molecule has 2 aliphatic rings. The zero-order valence-electron chi connectivity index (χ0n) is 11.8. The Balaban J connectivity index is 2.45. The molecule has 0 unspecified atom stereocenters. The summed E-state index contributed by atoms with van der Waals surface area (Å²) in [5.41, 5.74) is 0.0727. The highest BCUT2D eigenvalue weighted by Gasteiger charge is 2.53. The molecule has 2 fully saturated rings. The number of fused-ring (bicyclic) bond motifs is 1. The Labute approximate surface area is 109 Å². The Morgan fingerprint density at radius 3 is 2.33 bits per heavy atom. The summed E-state index contributed by atoms with van der Waals surface area (Å²) in [6.45, 7) is 7.46. The van der Waals surface area contributed by atoms with E-state index < -0.39 is 11.2 Å². The maximum absolute atomic E-state index is 12.2. The molecule has 0 bridgehead atoms. The molecule has 18 heavy (non-hydrogen) atoms. The summed E-state index contributed by atoms with van der Waals surface area (Å²) in [6.07, 6.45) is 2.30. The molecule has 4 atom stereocenters. The van der Waals surface area contributed by atoms with Crippen LogP contribution in [0.2, 0.25) is 0 Å². The number of carbonyl (C=O) groups excluding carboxylic acids is 1. The lowest BCUT2D eigenvalue weighted by Gasteiger charge is -2.34. The van der Waals surface area contributed by atoms with E-state index in [-0.39, 0.29) is 24.0 Å². The number of ketones is 1. The van der Waals surface area contributed by atoms with E-state index in [9.17, 15) is 15.0 Å².